The first-order valence-corrected chi connectivity index (χ1v) is 8.69. The van der Waals surface area contributed by atoms with E-state index in [9.17, 15) is 16.8 Å². The molecule has 0 aromatic heterocycles. The van der Waals surface area contributed by atoms with Crippen LogP contribution < -0.4 is 9.44 Å². The molecule has 1 aromatic carbocycles. The highest BCUT2D eigenvalue weighted by Crippen LogP contribution is 2.21. The van der Waals surface area contributed by atoms with Crippen LogP contribution in [0.4, 0.5) is 5.69 Å². The molecule has 0 amide bonds. The van der Waals surface area contributed by atoms with E-state index in [2.05, 4.69) is 9.44 Å². The number of benzene rings is 1. The number of nitrogens with one attached hydrogen (secondary N) is 2. The first kappa shape index (κ1) is 15.9. The number of hydrogen-bond acceptors (Lipinski definition) is 4. The summed E-state index contributed by atoms with van der Waals surface area (Å²) in [4.78, 5) is 0.0546. The van der Waals surface area contributed by atoms with Gasteiger partial charge >= 0.3 is 0 Å². The highest BCUT2D eigenvalue weighted by Gasteiger charge is 2.19. The standard InChI is InChI=1S/C11H18N2O4S2/c1-8(2)18(14,15)13-10-6-5-9(3)11(7-10)19(16,17)12-4/h5-8,12-13H,1-4H3. The molecule has 0 fully saturated rings. The molecule has 1 rings (SSSR count). The molecule has 2 N–H and O–H groups in total. The van der Waals surface area contributed by atoms with Gasteiger partial charge in [-0.05, 0) is 45.5 Å². The summed E-state index contributed by atoms with van der Waals surface area (Å²) in [7, 11) is -5.81. The summed E-state index contributed by atoms with van der Waals surface area (Å²) in [6.45, 7) is 4.73. The van der Waals surface area contributed by atoms with Gasteiger partial charge in [-0.3, -0.25) is 4.72 Å². The minimum absolute atomic E-state index is 0.0546. The van der Waals surface area contributed by atoms with Gasteiger partial charge in [-0.25, -0.2) is 21.6 Å². The largest absolute Gasteiger partial charge is 0.283 e. The Labute approximate surface area is 114 Å². The van der Waals surface area contributed by atoms with Crippen LogP contribution in [0.25, 0.3) is 0 Å². The summed E-state index contributed by atoms with van der Waals surface area (Å²) in [5, 5.41) is -0.599. The second-order valence-electron chi connectivity index (χ2n) is 4.38. The van der Waals surface area contributed by atoms with Crippen LogP contribution in [0.5, 0.6) is 0 Å². The number of sulfonamides is 2. The van der Waals surface area contributed by atoms with E-state index >= 15 is 0 Å². The SMILES string of the molecule is CNS(=O)(=O)c1cc(NS(=O)(=O)C(C)C)ccc1C. The molecular formula is C11H18N2O4S2. The van der Waals surface area contributed by atoms with Crippen molar-refractivity contribution in [2.24, 2.45) is 0 Å². The Morgan fingerprint density at radius 1 is 1.11 bits per heavy atom. The van der Waals surface area contributed by atoms with Crippen LogP contribution in [0.2, 0.25) is 0 Å². The van der Waals surface area contributed by atoms with Gasteiger partial charge in [0, 0.05) is 5.69 Å². The summed E-state index contributed by atoms with van der Waals surface area (Å²) < 4.78 is 51.6. The van der Waals surface area contributed by atoms with Crippen LogP contribution in [-0.4, -0.2) is 29.1 Å². The van der Waals surface area contributed by atoms with E-state index in [-0.39, 0.29) is 10.6 Å². The molecule has 0 aliphatic carbocycles. The van der Waals surface area contributed by atoms with E-state index in [1.165, 1.54) is 19.2 Å². The molecule has 108 valence electrons. The Balaban J connectivity index is 3.26. The van der Waals surface area contributed by atoms with Crippen molar-refractivity contribution in [1.29, 1.82) is 0 Å². The fourth-order valence-electron chi connectivity index (χ4n) is 1.35. The second-order valence-corrected chi connectivity index (χ2v) is 8.48. The Kier molecular flexibility index (Phi) is 4.59. The van der Waals surface area contributed by atoms with Gasteiger partial charge in [0.1, 0.15) is 0 Å². The highest BCUT2D eigenvalue weighted by molar-refractivity contribution is 7.93. The third kappa shape index (κ3) is 3.68. The van der Waals surface area contributed by atoms with E-state index in [1.807, 2.05) is 0 Å². The van der Waals surface area contributed by atoms with E-state index in [1.54, 1.807) is 26.8 Å². The molecule has 0 spiro atoms. The molecule has 0 heterocycles. The van der Waals surface area contributed by atoms with Crippen LogP contribution in [-0.2, 0) is 20.0 Å². The van der Waals surface area contributed by atoms with E-state index in [4.69, 9.17) is 0 Å². The highest BCUT2D eigenvalue weighted by atomic mass is 32.2. The average Bonchev–Trinajstić information content (AvgIpc) is 2.31. The van der Waals surface area contributed by atoms with Gasteiger partial charge in [-0.2, -0.15) is 0 Å². The predicted octanol–water partition coefficient (Wildman–Crippen LogP) is 1.05. The zero-order chi connectivity index (χ0) is 14.8. The molecule has 0 atom stereocenters. The number of hydrogen-bond donors (Lipinski definition) is 2. The molecular weight excluding hydrogens is 288 g/mol. The molecule has 19 heavy (non-hydrogen) atoms. The van der Waals surface area contributed by atoms with Crippen LogP contribution in [0, 0.1) is 6.92 Å². The third-order valence-electron chi connectivity index (χ3n) is 2.63. The molecule has 8 heteroatoms. The van der Waals surface area contributed by atoms with Gasteiger partial charge in [-0.15, -0.1) is 0 Å². The molecule has 6 nitrogen and oxygen atoms in total. The van der Waals surface area contributed by atoms with Gasteiger partial charge < -0.3 is 0 Å². The Hall–Kier alpha value is -1.12. The van der Waals surface area contributed by atoms with Crippen molar-refractivity contribution < 1.29 is 16.8 Å². The summed E-state index contributed by atoms with van der Waals surface area (Å²) >= 11 is 0. The van der Waals surface area contributed by atoms with Crippen molar-refractivity contribution in [3.63, 3.8) is 0 Å². The maximum Gasteiger partial charge on any atom is 0.240 e. The quantitative estimate of drug-likeness (QED) is 0.850. The molecule has 0 bridgehead atoms. The zero-order valence-corrected chi connectivity index (χ0v) is 12.9. The Bertz CT molecular complexity index is 664. The lowest BCUT2D eigenvalue weighted by molar-refractivity contribution is 0.586. The van der Waals surface area contributed by atoms with E-state index in [0.29, 0.717) is 5.56 Å². The topological polar surface area (TPSA) is 92.3 Å². The number of aryl methyl sites for hydroxylation is 1. The van der Waals surface area contributed by atoms with Crippen molar-refractivity contribution in [2.75, 3.05) is 11.8 Å². The molecule has 0 saturated carbocycles. The van der Waals surface area contributed by atoms with Crippen molar-refractivity contribution in [3.05, 3.63) is 23.8 Å². The van der Waals surface area contributed by atoms with Gasteiger partial charge in [0.2, 0.25) is 20.0 Å². The first-order chi connectivity index (χ1) is 8.60. The molecule has 1 aromatic rings. The fraction of sp³-hybridized carbons (Fsp3) is 0.455. The first-order valence-electron chi connectivity index (χ1n) is 5.66. The van der Waals surface area contributed by atoms with Crippen LogP contribution >= 0.6 is 0 Å². The van der Waals surface area contributed by atoms with Crippen LogP contribution in [0.1, 0.15) is 19.4 Å². The lowest BCUT2D eigenvalue weighted by Gasteiger charge is -2.13. The Morgan fingerprint density at radius 2 is 1.68 bits per heavy atom. The van der Waals surface area contributed by atoms with Crippen LogP contribution in [0.15, 0.2) is 23.1 Å². The normalized spacial score (nSPS) is 12.7. The van der Waals surface area contributed by atoms with Crippen molar-refractivity contribution in [1.82, 2.24) is 4.72 Å². The lowest BCUT2D eigenvalue weighted by Crippen LogP contribution is -2.23. The van der Waals surface area contributed by atoms with Crippen molar-refractivity contribution >= 4 is 25.7 Å². The van der Waals surface area contributed by atoms with Gasteiger partial charge in [0.25, 0.3) is 0 Å². The number of rotatable bonds is 5. The minimum atomic E-state index is -3.61. The molecule has 0 aliphatic heterocycles. The summed E-state index contributed by atoms with van der Waals surface area (Å²) in [5.41, 5.74) is 0.773. The second kappa shape index (κ2) is 5.48. The monoisotopic (exact) mass is 306 g/mol. The van der Waals surface area contributed by atoms with Gasteiger partial charge in [-0.1, -0.05) is 6.07 Å². The summed E-state index contributed by atoms with van der Waals surface area (Å²) in [6, 6.07) is 4.40. The molecule has 0 aliphatic rings. The zero-order valence-electron chi connectivity index (χ0n) is 11.3. The van der Waals surface area contributed by atoms with Crippen LogP contribution in [0.3, 0.4) is 0 Å². The van der Waals surface area contributed by atoms with E-state index in [0.717, 1.165) is 0 Å². The molecule has 0 saturated heterocycles. The summed E-state index contributed by atoms with van der Waals surface area (Å²) in [5.74, 6) is 0. The molecule has 0 radical (unpaired) electrons. The maximum atomic E-state index is 11.8. The van der Waals surface area contributed by atoms with Gasteiger partial charge in [0.05, 0.1) is 10.1 Å². The van der Waals surface area contributed by atoms with Gasteiger partial charge in [0.15, 0.2) is 0 Å². The average molecular weight is 306 g/mol. The fourth-order valence-corrected chi connectivity index (χ4v) is 3.03. The summed E-state index contributed by atoms with van der Waals surface area (Å²) in [6.07, 6.45) is 0. The van der Waals surface area contributed by atoms with Crippen molar-refractivity contribution in [2.45, 2.75) is 30.9 Å². The minimum Gasteiger partial charge on any atom is -0.283 e. The third-order valence-corrected chi connectivity index (χ3v) is 5.94. The number of anilines is 1. The Morgan fingerprint density at radius 3 is 2.16 bits per heavy atom. The van der Waals surface area contributed by atoms with E-state index < -0.39 is 25.3 Å². The predicted molar refractivity (Wildman–Crippen MR) is 75.1 cm³/mol. The van der Waals surface area contributed by atoms with Crippen molar-refractivity contribution in [3.8, 4) is 0 Å². The lowest BCUT2D eigenvalue weighted by atomic mass is 10.2. The smallest absolute Gasteiger partial charge is 0.240 e. The maximum absolute atomic E-state index is 11.8. The molecule has 0 unspecified atom stereocenters.